The molecule has 140 valence electrons. The van der Waals surface area contributed by atoms with Crippen LogP contribution in [0.15, 0.2) is 29.4 Å². The summed E-state index contributed by atoms with van der Waals surface area (Å²) in [5, 5.41) is 12.1. The van der Waals surface area contributed by atoms with Crippen molar-refractivity contribution < 1.29 is 13.9 Å². The molecule has 1 atom stereocenters. The number of carbonyl (C=O) groups is 1. The molecule has 1 aliphatic carbocycles. The van der Waals surface area contributed by atoms with Crippen LogP contribution in [0.2, 0.25) is 0 Å². The van der Waals surface area contributed by atoms with Crippen molar-refractivity contribution in [2.75, 3.05) is 5.75 Å². The SMILES string of the molecule is CC(Oc1ccc(F)cc1)c1nnc(SCC(=O)NC2CCCC2)n1C. The van der Waals surface area contributed by atoms with Crippen LogP contribution < -0.4 is 10.1 Å². The van der Waals surface area contributed by atoms with Gasteiger partial charge < -0.3 is 14.6 Å². The molecule has 0 aliphatic heterocycles. The van der Waals surface area contributed by atoms with E-state index in [2.05, 4.69) is 15.5 Å². The Labute approximate surface area is 156 Å². The number of halogens is 1. The van der Waals surface area contributed by atoms with Crippen LogP contribution in [0.4, 0.5) is 4.39 Å². The zero-order valence-electron chi connectivity index (χ0n) is 14.9. The van der Waals surface area contributed by atoms with Crippen molar-refractivity contribution in [3.63, 3.8) is 0 Å². The summed E-state index contributed by atoms with van der Waals surface area (Å²) in [5.41, 5.74) is 0. The maximum atomic E-state index is 13.0. The lowest BCUT2D eigenvalue weighted by Gasteiger charge is -2.14. The van der Waals surface area contributed by atoms with Crippen LogP contribution in [0, 0.1) is 5.82 Å². The van der Waals surface area contributed by atoms with Crippen molar-refractivity contribution in [2.45, 2.75) is 49.9 Å². The van der Waals surface area contributed by atoms with Gasteiger partial charge in [-0.15, -0.1) is 10.2 Å². The largest absolute Gasteiger partial charge is 0.483 e. The molecule has 6 nitrogen and oxygen atoms in total. The summed E-state index contributed by atoms with van der Waals surface area (Å²) in [7, 11) is 1.84. The van der Waals surface area contributed by atoms with E-state index < -0.39 is 0 Å². The van der Waals surface area contributed by atoms with Gasteiger partial charge in [0.2, 0.25) is 5.91 Å². The molecule has 1 aromatic heterocycles. The minimum atomic E-state index is -0.348. The van der Waals surface area contributed by atoms with Crippen LogP contribution in [0.5, 0.6) is 5.75 Å². The number of benzene rings is 1. The van der Waals surface area contributed by atoms with Crippen LogP contribution in [0.3, 0.4) is 0 Å². The van der Waals surface area contributed by atoms with Crippen LogP contribution in [0.25, 0.3) is 0 Å². The molecular formula is C18H23FN4O2S. The van der Waals surface area contributed by atoms with E-state index in [0.717, 1.165) is 12.8 Å². The number of rotatable bonds is 7. The van der Waals surface area contributed by atoms with Gasteiger partial charge >= 0.3 is 0 Å². The fourth-order valence-corrected chi connectivity index (χ4v) is 3.77. The van der Waals surface area contributed by atoms with E-state index in [9.17, 15) is 9.18 Å². The van der Waals surface area contributed by atoms with Gasteiger partial charge in [0.1, 0.15) is 11.6 Å². The first-order chi connectivity index (χ1) is 12.5. The Hall–Kier alpha value is -2.09. The van der Waals surface area contributed by atoms with E-state index in [-0.39, 0.29) is 17.8 Å². The Bertz CT molecular complexity index is 744. The Kier molecular flexibility index (Phi) is 6.13. The second-order valence-electron chi connectivity index (χ2n) is 6.45. The number of hydrogen-bond acceptors (Lipinski definition) is 5. The summed E-state index contributed by atoms with van der Waals surface area (Å²) in [4.78, 5) is 12.0. The lowest BCUT2D eigenvalue weighted by molar-refractivity contribution is -0.119. The summed E-state index contributed by atoms with van der Waals surface area (Å²) >= 11 is 1.36. The fraction of sp³-hybridized carbons (Fsp3) is 0.500. The minimum absolute atomic E-state index is 0.0297. The Morgan fingerprint density at radius 2 is 2.04 bits per heavy atom. The third-order valence-corrected chi connectivity index (χ3v) is 5.43. The van der Waals surface area contributed by atoms with E-state index in [4.69, 9.17) is 4.74 Å². The highest BCUT2D eigenvalue weighted by atomic mass is 32.2. The molecule has 2 aromatic rings. The summed E-state index contributed by atoms with van der Waals surface area (Å²) in [6.45, 7) is 1.86. The second-order valence-corrected chi connectivity index (χ2v) is 7.39. The summed E-state index contributed by atoms with van der Waals surface area (Å²) < 4.78 is 20.6. The minimum Gasteiger partial charge on any atom is -0.483 e. The molecule has 0 radical (unpaired) electrons. The number of amides is 1. The van der Waals surface area contributed by atoms with Gasteiger partial charge in [0.15, 0.2) is 17.1 Å². The van der Waals surface area contributed by atoms with Crippen molar-refractivity contribution >= 4 is 17.7 Å². The van der Waals surface area contributed by atoms with Crippen LogP contribution in [0.1, 0.15) is 44.5 Å². The molecule has 3 rings (SSSR count). The Morgan fingerprint density at radius 3 is 2.73 bits per heavy atom. The number of aromatic nitrogens is 3. The highest BCUT2D eigenvalue weighted by Crippen LogP contribution is 2.24. The van der Waals surface area contributed by atoms with Crippen LogP contribution >= 0.6 is 11.8 Å². The summed E-state index contributed by atoms with van der Waals surface area (Å²) in [6.07, 6.45) is 4.18. The molecular weight excluding hydrogens is 355 g/mol. The maximum absolute atomic E-state index is 13.0. The zero-order valence-corrected chi connectivity index (χ0v) is 15.8. The first-order valence-corrected chi connectivity index (χ1v) is 9.75. The van der Waals surface area contributed by atoms with Crippen LogP contribution in [-0.2, 0) is 11.8 Å². The smallest absolute Gasteiger partial charge is 0.230 e. The predicted octanol–water partition coefficient (Wildman–Crippen LogP) is 3.25. The van der Waals surface area contributed by atoms with E-state index in [1.165, 1.54) is 36.7 Å². The van der Waals surface area contributed by atoms with Gasteiger partial charge in [-0.1, -0.05) is 24.6 Å². The highest BCUT2D eigenvalue weighted by molar-refractivity contribution is 7.99. The van der Waals surface area contributed by atoms with Crippen molar-refractivity contribution in [3.8, 4) is 5.75 Å². The molecule has 1 fully saturated rings. The first-order valence-electron chi connectivity index (χ1n) is 8.76. The molecule has 0 spiro atoms. The number of ether oxygens (including phenoxy) is 1. The molecule has 1 N–H and O–H groups in total. The van der Waals surface area contributed by atoms with Gasteiger partial charge in [-0.3, -0.25) is 4.79 Å². The van der Waals surface area contributed by atoms with Gasteiger partial charge in [0.05, 0.1) is 5.75 Å². The number of hydrogen-bond donors (Lipinski definition) is 1. The van der Waals surface area contributed by atoms with E-state index >= 15 is 0 Å². The van der Waals surface area contributed by atoms with E-state index in [1.807, 2.05) is 18.5 Å². The van der Waals surface area contributed by atoms with Gasteiger partial charge in [-0.05, 0) is 44.0 Å². The lowest BCUT2D eigenvalue weighted by Crippen LogP contribution is -2.33. The van der Waals surface area contributed by atoms with Gasteiger partial charge in [-0.25, -0.2) is 4.39 Å². The fourth-order valence-electron chi connectivity index (χ4n) is 3.05. The molecule has 1 aromatic carbocycles. The monoisotopic (exact) mass is 378 g/mol. The predicted molar refractivity (Wildman–Crippen MR) is 97.6 cm³/mol. The average Bonchev–Trinajstić information content (AvgIpc) is 3.25. The number of carbonyl (C=O) groups excluding carboxylic acids is 1. The second kappa shape index (κ2) is 8.53. The topological polar surface area (TPSA) is 69.0 Å². The Balaban J connectivity index is 1.54. The van der Waals surface area contributed by atoms with Crippen molar-refractivity contribution in [2.24, 2.45) is 7.05 Å². The summed E-state index contributed by atoms with van der Waals surface area (Å²) in [5.74, 6) is 1.25. The number of thioether (sulfide) groups is 1. The molecule has 0 bridgehead atoms. The Morgan fingerprint density at radius 1 is 1.35 bits per heavy atom. The quantitative estimate of drug-likeness (QED) is 0.749. The maximum Gasteiger partial charge on any atom is 0.230 e. The molecule has 26 heavy (non-hydrogen) atoms. The molecule has 0 saturated heterocycles. The van der Waals surface area contributed by atoms with Crippen molar-refractivity contribution in [1.82, 2.24) is 20.1 Å². The number of nitrogens with one attached hydrogen (secondary N) is 1. The molecule has 1 amide bonds. The third kappa shape index (κ3) is 4.75. The molecule has 1 unspecified atom stereocenters. The van der Waals surface area contributed by atoms with E-state index in [1.54, 1.807) is 12.1 Å². The van der Waals surface area contributed by atoms with Crippen molar-refractivity contribution in [1.29, 1.82) is 0 Å². The highest BCUT2D eigenvalue weighted by Gasteiger charge is 2.20. The van der Waals surface area contributed by atoms with Gasteiger partial charge in [0, 0.05) is 13.1 Å². The first kappa shape index (κ1) is 18.7. The third-order valence-electron chi connectivity index (χ3n) is 4.41. The summed E-state index contributed by atoms with van der Waals surface area (Å²) in [6, 6.07) is 6.17. The van der Waals surface area contributed by atoms with Gasteiger partial charge in [-0.2, -0.15) is 0 Å². The lowest BCUT2D eigenvalue weighted by atomic mass is 10.2. The molecule has 1 heterocycles. The normalized spacial score (nSPS) is 15.8. The van der Waals surface area contributed by atoms with Gasteiger partial charge in [0.25, 0.3) is 0 Å². The average molecular weight is 378 g/mol. The number of nitrogens with zero attached hydrogens (tertiary/aromatic N) is 3. The zero-order chi connectivity index (χ0) is 18.5. The standard InChI is InChI=1S/C18H23FN4O2S/c1-12(25-15-9-7-13(19)8-10-15)17-21-22-18(23(17)2)26-11-16(24)20-14-5-3-4-6-14/h7-10,12,14H,3-6,11H2,1-2H3,(H,20,24). The van der Waals surface area contributed by atoms with Crippen molar-refractivity contribution in [3.05, 3.63) is 35.9 Å². The molecule has 1 saturated carbocycles. The van der Waals surface area contributed by atoms with E-state index in [0.29, 0.717) is 28.5 Å². The molecule has 1 aliphatic rings. The molecule has 8 heteroatoms. The van der Waals surface area contributed by atoms with Crippen LogP contribution in [-0.4, -0.2) is 32.5 Å².